The highest BCUT2D eigenvalue weighted by Gasteiger charge is 2.18. The Hall–Kier alpha value is -2.37. The van der Waals surface area contributed by atoms with Crippen molar-refractivity contribution in [3.63, 3.8) is 0 Å². The Labute approximate surface area is 84.9 Å². The number of aromatic carboxylic acids is 1. The molecule has 6 nitrogen and oxygen atoms in total. The van der Waals surface area contributed by atoms with Crippen molar-refractivity contribution >= 4 is 11.8 Å². The molecule has 0 bridgehead atoms. The number of nitrogens with zero attached hydrogens (tertiary/aromatic N) is 3. The topological polar surface area (TPSA) is 94.0 Å². The van der Waals surface area contributed by atoms with E-state index in [1.54, 1.807) is 24.3 Å². The summed E-state index contributed by atoms with van der Waals surface area (Å²) in [4.78, 5) is 10.9. The predicted octanol–water partition coefficient (Wildman–Crippen LogP) is 0.548. The molecule has 0 spiro atoms. The minimum Gasteiger partial charge on any atom is -0.476 e. The number of nitrogen functional groups attached to an aromatic ring is 1. The Morgan fingerprint density at radius 3 is 2.60 bits per heavy atom. The van der Waals surface area contributed by atoms with E-state index in [2.05, 4.69) is 10.3 Å². The first-order valence-electron chi connectivity index (χ1n) is 4.20. The predicted molar refractivity (Wildman–Crippen MR) is 52.7 cm³/mol. The maximum absolute atomic E-state index is 10.9. The van der Waals surface area contributed by atoms with Crippen LogP contribution in [0, 0.1) is 0 Å². The van der Waals surface area contributed by atoms with Gasteiger partial charge in [0.1, 0.15) is 0 Å². The number of nitrogens with two attached hydrogens (primary N) is 1. The Kier molecular flexibility index (Phi) is 2.09. The van der Waals surface area contributed by atoms with Gasteiger partial charge in [-0.1, -0.05) is 23.4 Å². The average molecular weight is 204 g/mol. The molecule has 1 aromatic carbocycles. The molecule has 0 unspecified atom stereocenters. The minimum absolute atomic E-state index is 0.0913. The van der Waals surface area contributed by atoms with E-state index in [0.717, 1.165) is 0 Å². The van der Waals surface area contributed by atoms with Crippen molar-refractivity contribution in [1.29, 1.82) is 0 Å². The van der Waals surface area contributed by atoms with E-state index < -0.39 is 5.97 Å². The molecule has 0 saturated carbocycles. The third kappa shape index (κ3) is 1.52. The van der Waals surface area contributed by atoms with Crippen molar-refractivity contribution in [2.24, 2.45) is 0 Å². The molecule has 2 aromatic rings. The molecule has 76 valence electrons. The van der Waals surface area contributed by atoms with Crippen molar-refractivity contribution in [3.8, 4) is 5.69 Å². The van der Waals surface area contributed by atoms with Crippen molar-refractivity contribution < 1.29 is 9.90 Å². The van der Waals surface area contributed by atoms with Gasteiger partial charge in [0.2, 0.25) is 0 Å². The van der Waals surface area contributed by atoms with Crippen LogP contribution in [0.5, 0.6) is 0 Å². The number of carboxylic acid groups (broad SMARTS) is 1. The summed E-state index contributed by atoms with van der Waals surface area (Å²) in [7, 11) is 0. The molecule has 6 heteroatoms. The standard InChI is InChI=1S/C9H8N4O2/c10-8-7(9(14)15)13(12-11-8)6-4-2-1-3-5-6/h1-5H,10H2,(H,14,15). The lowest BCUT2D eigenvalue weighted by Crippen LogP contribution is -2.09. The van der Waals surface area contributed by atoms with E-state index in [0.29, 0.717) is 5.69 Å². The Bertz CT molecular complexity index is 492. The van der Waals surface area contributed by atoms with Crippen LogP contribution >= 0.6 is 0 Å². The van der Waals surface area contributed by atoms with E-state index in [9.17, 15) is 4.79 Å². The normalized spacial score (nSPS) is 10.1. The third-order valence-electron chi connectivity index (χ3n) is 1.90. The number of hydrogen-bond donors (Lipinski definition) is 2. The van der Waals surface area contributed by atoms with Gasteiger partial charge in [0, 0.05) is 0 Å². The lowest BCUT2D eigenvalue weighted by atomic mass is 10.3. The number of hydrogen-bond acceptors (Lipinski definition) is 4. The molecule has 3 N–H and O–H groups in total. The molecule has 0 radical (unpaired) electrons. The molecule has 15 heavy (non-hydrogen) atoms. The van der Waals surface area contributed by atoms with Crippen LogP contribution in [0.25, 0.3) is 5.69 Å². The fourth-order valence-corrected chi connectivity index (χ4v) is 1.24. The van der Waals surface area contributed by atoms with Gasteiger partial charge in [-0.2, -0.15) is 0 Å². The van der Waals surface area contributed by atoms with E-state index in [-0.39, 0.29) is 11.5 Å². The summed E-state index contributed by atoms with van der Waals surface area (Å²) in [6, 6.07) is 8.82. The zero-order valence-electron chi connectivity index (χ0n) is 7.66. The van der Waals surface area contributed by atoms with Gasteiger partial charge in [-0.25, -0.2) is 9.48 Å². The van der Waals surface area contributed by atoms with Crippen molar-refractivity contribution in [2.45, 2.75) is 0 Å². The number of rotatable bonds is 2. The van der Waals surface area contributed by atoms with Gasteiger partial charge in [-0.15, -0.1) is 5.10 Å². The number of carboxylic acids is 1. The van der Waals surface area contributed by atoms with Crippen molar-refractivity contribution in [3.05, 3.63) is 36.0 Å². The van der Waals surface area contributed by atoms with Crippen LogP contribution in [0.15, 0.2) is 30.3 Å². The van der Waals surface area contributed by atoms with E-state index in [1.807, 2.05) is 6.07 Å². The number of benzene rings is 1. The maximum atomic E-state index is 10.9. The second-order valence-electron chi connectivity index (χ2n) is 2.88. The highest BCUT2D eigenvalue weighted by atomic mass is 16.4. The van der Waals surface area contributed by atoms with Gasteiger partial charge in [-0.05, 0) is 12.1 Å². The quantitative estimate of drug-likeness (QED) is 0.744. The maximum Gasteiger partial charge on any atom is 0.358 e. The number of para-hydroxylation sites is 1. The lowest BCUT2D eigenvalue weighted by molar-refractivity contribution is 0.0688. The first kappa shape index (κ1) is 9.20. The summed E-state index contributed by atoms with van der Waals surface area (Å²) < 4.78 is 1.19. The smallest absolute Gasteiger partial charge is 0.358 e. The first-order chi connectivity index (χ1) is 7.20. The summed E-state index contributed by atoms with van der Waals surface area (Å²) in [6.07, 6.45) is 0. The molecule has 0 aliphatic heterocycles. The highest BCUT2D eigenvalue weighted by Crippen LogP contribution is 2.13. The summed E-state index contributed by atoms with van der Waals surface area (Å²) in [5.74, 6) is -1.24. The highest BCUT2D eigenvalue weighted by molar-refractivity contribution is 5.91. The second kappa shape index (κ2) is 3.41. The molecule has 1 heterocycles. The molecular formula is C9H8N4O2. The molecular weight excluding hydrogens is 196 g/mol. The molecule has 0 atom stereocenters. The van der Waals surface area contributed by atoms with Gasteiger partial charge in [0.05, 0.1) is 5.69 Å². The van der Waals surface area contributed by atoms with Crippen molar-refractivity contribution in [2.75, 3.05) is 5.73 Å². The Balaban J connectivity index is 2.59. The summed E-state index contributed by atoms with van der Waals surface area (Å²) in [5, 5.41) is 16.1. The van der Waals surface area contributed by atoms with E-state index in [1.165, 1.54) is 4.68 Å². The Morgan fingerprint density at radius 1 is 1.33 bits per heavy atom. The van der Waals surface area contributed by atoms with Gasteiger partial charge < -0.3 is 10.8 Å². The first-order valence-corrected chi connectivity index (χ1v) is 4.20. The van der Waals surface area contributed by atoms with Crippen LogP contribution in [-0.2, 0) is 0 Å². The number of aromatic nitrogens is 3. The van der Waals surface area contributed by atoms with E-state index >= 15 is 0 Å². The monoisotopic (exact) mass is 204 g/mol. The zero-order chi connectivity index (χ0) is 10.8. The lowest BCUT2D eigenvalue weighted by Gasteiger charge is -2.01. The molecule has 0 fully saturated rings. The molecule has 2 rings (SSSR count). The van der Waals surface area contributed by atoms with Crippen LogP contribution in [0.2, 0.25) is 0 Å². The second-order valence-corrected chi connectivity index (χ2v) is 2.88. The summed E-state index contributed by atoms with van der Waals surface area (Å²) >= 11 is 0. The van der Waals surface area contributed by atoms with Crippen molar-refractivity contribution in [1.82, 2.24) is 15.0 Å². The van der Waals surface area contributed by atoms with Crippen LogP contribution < -0.4 is 5.73 Å². The number of anilines is 1. The summed E-state index contributed by atoms with van der Waals surface area (Å²) in [5.41, 5.74) is 5.89. The third-order valence-corrected chi connectivity index (χ3v) is 1.90. The number of carbonyl (C=O) groups is 1. The SMILES string of the molecule is Nc1nnn(-c2ccccc2)c1C(=O)O. The van der Waals surface area contributed by atoms with Gasteiger partial charge >= 0.3 is 5.97 Å². The van der Waals surface area contributed by atoms with Crippen LogP contribution in [0.1, 0.15) is 10.5 Å². The van der Waals surface area contributed by atoms with Crippen LogP contribution in [0.4, 0.5) is 5.82 Å². The van der Waals surface area contributed by atoms with E-state index in [4.69, 9.17) is 10.8 Å². The van der Waals surface area contributed by atoms with Crippen LogP contribution in [-0.4, -0.2) is 26.1 Å². The average Bonchev–Trinajstić information content (AvgIpc) is 2.61. The molecule has 0 aliphatic rings. The fraction of sp³-hybridized carbons (Fsp3) is 0. The molecule has 0 saturated heterocycles. The minimum atomic E-state index is -1.15. The zero-order valence-corrected chi connectivity index (χ0v) is 7.66. The largest absolute Gasteiger partial charge is 0.476 e. The summed E-state index contributed by atoms with van der Waals surface area (Å²) in [6.45, 7) is 0. The Morgan fingerprint density at radius 2 is 2.00 bits per heavy atom. The van der Waals surface area contributed by atoms with Gasteiger partial charge in [-0.3, -0.25) is 0 Å². The molecule has 1 aromatic heterocycles. The van der Waals surface area contributed by atoms with Crippen LogP contribution in [0.3, 0.4) is 0 Å². The molecule has 0 aliphatic carbocycles. The molecule has 0 amide bonds. The van der Waals surface area contributed by atoms with Gasteiger partial charge in [0.25, 0.3) is 0 Å². The van der Waals surface area contributed by atoms with Gasteiger partial charge in [0.15, 0.2) is 11.5 Å². The fourth-order valence-electron chi connectivity index (χ4n) is 1.24.